The van der Waals surface area contributed by atoms with Gasteiger partial charge in [0, 0.05) is 26.2 Å². The molecule has 1 fully saturated rings. The van der Waals surface area contributed by atoms with Gasteiger partial charge in [0.15, 0.2) is 0 Å². The summed E-state index contributed by atoms with van der Waals surface area (Å²) in [4.78, 5) is 48.3. The minimum atomic E-state index is -0.995. The molecule has 1 aliphatic carbocycles. The maximum Gasteiger partial charge on any atom is 0.328 e. The van der Waals surface area contributed by atoms with Crippen LogP contribution in [0.25, 0.3) is 0 Å². The Labute approximate surface area is 163 Å². The first-order valence-electron chi connectivity index (χ1n) is 9.21. The summed E-state index contributed by atoms with van der Waals surface area (Å²) in [5.74, 6) is -2.43. The predicted octanol–water partition coefficient (Wildman–Crippen LogP) is 1.29. The van der Waals surface area contributed by atoms with Gasteiger partial charge < -0.3 is 15.4 Å². The van der Waals surface area contributed by atoms with Crippen molar-refractivity contribution >= 4 is 23.6 Å². The summed E-state index contributed by atoms with van der Waals surface area (Å²) in [6.45, 7) is 1.27. The molecule has 8 heteroatoms. The fraction of sp³-hybridized carbons (Fsp3) is 0.500. The van der Waals surface area contributed by atoms with Gasteiger partial charge in [0.25, 0.3) is 0 Å². The van der Waals surface area contributed by atoms with Gasteiger partial charge in [0.05, 0.1) is 7.11 Å². The summed E-state index contributed by atoms with van der Waals surface area (Å²) in [6, 6.07) is 3.74. The number of benzene rings is 1. The van der Waals surface area contributed by atoms with Crippen molar-refractivity contribution in [1.82, 2.24) is 10.6 Å². The number of halogens is 1. The fourth-order valence-corrected chi connectivity index (χ4v) is 3.45. The lowest BCUT2D eigenvalue weighted by Gasteiger charge is -2.29. The Morgan fingerprint density at radius 3 is 2.64 bits per heavy atom. The average molecular weight is 392 g/mol. The van der Waals surface area contributed by atoms with E-state index in [1.807, 2.05) is 0 Å². The van der Waals surface area contributed by atoms with Crippen LogP contribution in [0.3, 0.4) is 0 Å². The van der Waals surface area contributed by atoms with Gasteiger partial charge in [-0.2, -0.15) is 0 Å². The van der Waals surface area contributed by atoms with Crippen LogP contribution in [-0.2, 0) is 30.3 Å². The summed E-state index contributed by atoms with van der Waals surface area (Å²) in [5, 5.41) is 5.15. The Kier molecular flexibility index (Phi) is 7.66. The van der Waals surface area contributed by atoms with Crippen molar-refractivity contribution in [3.05, 3.63) is 35.6 Å². The molecule has 152 valence electrons. The van der Waals surface area contributed by atoms with Crippen molar-refractivity contribution in [2.24, 2.45) is 5.92 Å². The Balaban J connectivity index is 2.16. The highest BCUT2D eigenvalue weighted by molar-refractivity contribution is 5.91. The normalized spacial score (nSPS) is 18.7. The lowest BCUT2D eigenvalue weighted by atomic mass is 9.83. The molecule has 0 saturated heterocycles. The van der Waals surface area contributed by atoms with Gasteiger partial charge in [-0.15, -0.1) is 0 Å². The summed E-state index contributed by atoms with van der Waals surface area (Å²) >= 11 is 0. The largest absolute Gasteiger partial charge is 0.467 e. The minimum Gasteiger partial charge on any atom is -0.467 e. The summed E-state index contributed by atoms with van der Waals surface area (Å²) < 4.78 is 18.2. The number of ether oxygens (including phenoxy) is 1. The van der Waals surface area contributed by atoms with Crippen molar-refractivity contribution < 1.29 is 28.3 Å². The van der Waals surface area contributed by atoms with E-state index in [4.69, 9.17) is 4.74 Å². The molecule has 1 aliphatic rings. The average Bonchev–Trinajstić information content (AvgIpc) is 2.64. The van der Waals surface area contributed by atoms with Crippen LogP contribution in [0, 0.1) is 11.7 Å². The second kappa shape index (κ2) is 9.96. The maximum atomic E-state index is 13.4. The second-order valence-electron chi connectivity index (χ2n) is 6.99. The quantitative estimate of drug-likeness (QED) is 0.681. The molecule has 0 unspecified atom stereocenters. The van der Waals surface area contributed by atoms with Crippen molar-refractivity contribution in [2.75, 3.05) is 7.11 Å². The van der Waals surface area contributed by atoms with Crippen LogP contribution in [0.1, 0.15) is 38.2 Å². The summed E-state index contributed by atoms with van der Waals surface area (Å²) in [5.41, 5.74) is 0.524. The molecular formula is C20H25FN2O5. The zero-order valence-corrected chi connectivity index (χ0v) is 16.0. The summed E-state index contributed by atoms with van der Waals surface area (Å²) in [6.07, 6.45) is 1.97. The van der Waals surface area contributed by atoms with Gasteiger partial charge in [-0.1, -0.05) is 12.1 Å². The third-order valence-electron chi connectivity index (χ3n) is 4.77. The Bertz CT molecular complexity index is 752. The maximum absolute atomic E-state index is 13.4. The molecule has 7 nitrogen and oxygen atoms in total. The van der Waals surface area contributed by atoms with Crippen molar-refractivity contribution in [3.8, 4) is 0 Å². The molecule has 1 aromatic carbocycles. The molecule has 28 heavy (non-hydrogen) atoms. The fourth-order valence-electron chi connectivity index (χ4n) is 3.45. The minimum absolute atomic E-state index is 0.0394. The van der Waals surface area contributed by atoms with E-state index in [2.05, 4.69) is 10.6 Å². The molecule has 1 aromatic rings. The molecule has 2 amide bonds. The number of carbonyl (C=O) groups is 4. The number of hydrogen-bond donors (Lipinski definition) is 2. The van der Waals surface area contributed by atoms with E-state index in [1.165, 1.54) is 32.2 Å². The third-order valence-corrected chi connectivity index (χ3v) is 4.77. The van der Waals surface area contributed by atoms with E-state index in [-0.39, 0.29) is 24.5 Å². The molecule has 2 N–H and O–H groups in total. The molecule has 0 spiro atoms. The molecule has 0 bridgehead atoms. The molecule has 0 aromatic heterocycles. The summed E-state index contributed by atoms with van der Waals surface area (Å²) in [7, 11) is 1.21. The number of ketones is 1. The van der Waals surface area contributed by atoms with Gasteiger partial charge in [-0.25, -0.2) is 9.18 Å². The topological polar surface area (TPSA) is 102 Å². The van der Waals surface area contributed by atoms with Crippen LogP contribution in [0.15, 0.2) is 24.3 Å². The van der Waals surface area contributed by atoms with Crippen molar-refractivity contribution in [2.45, 2.75) is 51.1 Å². The Morgan fingerprint density at radius 2 is 2.04 bits per heavy atom. The van der Waals surface area contributed by atoms with Crippen LogP contribution in [0.4, 0.5) is 4.39 Å². The first-order chi connectivity index (χ1) is 13.3. The van der Waals surface area contributed by atoms with Crippen LogP contribution in [-0.4, -0.2) is 42.8 Å². The van der Waals surface area contributed by atoms with E-state index in [0.717, 1.165) is 0 Å². The predicted molar refractivity (Wildman–Crippen MR) is 98.6 cm³/mol. The molecule has 0 heterocycles. The molecular weight excluding hydrogens is 367 g/mol. The number of esters is 1. The number of hydrogen-bond acceptors (Lipinski definition) is 5. The highest BCUT2D eigenvalue weighted by atomic mass is 19.1. The first-order valence-corrected chi connectivity index (χ1v) is 9.21. The smallest absolute Gasteiger partial charge is 0.328 e. The lowest BCUT2D eigenvalue weighted by Crippen LogP contribution is -2.55. The van der Waals surface area contributed by atoms with Gasteiger partial charge in [-0.3, -0.25) is 14.4 Å². The Hall–Kier alpha value is -2.77. The van der Waals surface area contributed by atoms with E-state index in [9.17, 15) is 23.6 Å². The second-order valence-corrected chi connectivity index (χ2v) is 6.99. The van der Waals surface area contributed by atoms with Gasteiger partial charge in [0.1, 0.15) is 23.7 Å². The molecule has 0 radical (unpaired) electrons. The van der Waals surface area contributed by atoms with E-state index in [0.29, 0.717) is 24.8 Å². The monoisotopic (exact) mass is 392 g/mol. The van der Waals surface area contributed by atoms with Crippen LogP contribution < -0.4 is 10.6 Å². The van der Waals surface area contributed by atoms with E-state index >= 15 is 0 Å². The molecule has 3 atom stereocenters. The van der Waals surface area contributed by atoms with Crippen molar-refractivity contribution in [3.63, 3.8) is 0 Å². The van der Waals surface area contributed by atoms with Crippen molar-refractivity contribution in [1.29, 1.82) is 0 Å². The van der Waals surface area contributed by atoms with Gasteiger partial charge in [-0.05, 0) is 36.5 Å². The zero-order chi connectivity index (χ0) is 20.7. The van der Waals surface area contributed by atoms with E-state index < -0.39 is 35.7 Å². The molecule has 1 saturated carbocycles. The highest BCUT2D eigenvalue weighted by Crippen LogP contribution is 2.25. The SMILES string of the molecule is COC(=O)[C@@H](NC(=O)[C@@H](Cc1cccc(F)c1)NC(C)=O)[C@@H]1CCCC(=O)C1. The number of nitrogens with one attached hydrogen (secondary N) is 2. The first kappa shape index (κ1) is 21.5. The highest BCUT2D eigenvalue weighted by Gasteiger charge is 2.35. The third kappa shape index (κ3) is 6.14. The molecule has 2 rings (SSSR count). The van der Waals surface area contributed by atoms with Gasteiger partial charge in [0.2, 0.25) is 11.8 Å². The number of amides is 2. The lowest BCUT2D eigenvalue weighted by molar-refractivity contribution is -0.147. The molecule has 0 aliphatic heterocycles. The van der Waals surface area contributed by atoms with Crippen LogP contribution in [0.5, 0.6) is 0 Å². The van der Waals surface area contributed by atoms with Gasteiger partial charge >= 0.3 is 5.97 Å². The standard InChI is InChI=1S/C20H25FN2O5/c1-12(24)22-17(10-13-5-3-7-15(21)9-13)19(26)23-18(20(27)28-2)14-6-4-8-16(25)11-14/h3,5,7,9,14,17-18H,4,6,8,10-11H2,1-2H3,(H,22,24)(H,23,26)/t14-,17-,18+/m1/s1. The van der Waals surface area contributed by atoms with E-state index in [1.54, 1.807) is 6.07 Å². The number of carbonyl (C=O) groups excluding carboxylic acids is 4. The number of Topliss-reactive ketones (excluding diaryl/α,β-unsaturated/α-hetero) is 1. The number of rotatable bonds is 7. The number of methoxy groups -OCH3 is 1. The van der Waals surface area contributed by atoms with Crippen LogP contribution >= 0.6 is 0 Å². The Morgan fingerprint density at radius 1 is 1.29 bits per heavy atom. The van der Waals surface area contributed by atoms with Crippen LogP contribution in [0.2, 0.25) is 0 Å². The zero-order valence-electron chi connectivity index (χ0n) is 16.0.